The SMILES string of the molecule is [CH2]C(CCC)C1CCCCC1. The Hall–Kier alpha value is 0. The number of rotatable bonds is 3. The van der Waals surface area contributed by atoms with Crippen molar-refractivity contribution in [1.82, 2.24) is 0 Å². The minimum Gasteiger partial charge on any atom is -0.0654 e. The van der Waals surface area contributed by atoms with E-state index < -0.39 is 0 Å². The summed E-state index contributed by atoms with van der Waals surface area (Å²) in [6.07, 6.45) is 9.94. The molecule has 1 saturated carbocycles. The van der Waals surface area contributed by atoms with Crippen LogP contribution in [0.15, 0.2) is 0 Å². The molecular weight excluding hydrogens is 132 g/mol. The van der Waals surface area contributed by atoms with Gasteiger partial charge >= 0.3 is 0 Å². The molecule has 1 aliphatic carbocycles. The highest BCUT2D eigenvalue weighted by molar-refractivity contribution is 4.74. The molecule has 0 bridgehead atoms. The molecule has 0 aliphatic heterocycles. The fourth-order valence-corrected chi connectivity index (χ4v) is 2.21. The van der Waals surface area contributed by atoms with E-state index in [2.05, 4.69) is 13.8 Å². The number of hydrogen-bond donors (Lipinski definition) is 0. The van der Waals surface area contributed by atoms with Gasteiger partial charge in [0.1, 0.15) is 0 Å². The van der Waals surface area contributed by atoms with E-state index in [1.165, 1.54) is 44.9 Å². The lowest BCUT2D eigenvalue weighted by Crippen LogP contribution is -2.15. The lowest BCUT2D eigenvalue weighted by molar-refractivity contribution is 0.272. The first-order valence-corrected chi connectivity index (χ1v) is 5.17. The van der Waals surface area contributed by atoms with Crippen LogP contribution in [0.25, 0.3) is 0 Å². The first-order valence-electron chi connectivity index (χ1n) is 5.17. The Morgan fingerprint density at radius 1 is 1.27 bits per heavy atom. The van der Waals surface area contributed by atoms with Crippen molar-refractivity contribution in [2.45, 2.75) is 51.9 Å². The molecule has 65 valence electrons. The maximum Gasteiger partial charge on any atom is -0.0386 e. The summed E-state index contributed by atoms with van der Waals surface area (Å²) >= 11 is 0. The van der Waals surface area contributed by atoms with Gasteiger partial charge in [-0.15, -0.1) is 0 Å². The Labute approximate surface area is 71.4 Å². The third-order valence-electron chi connectivity index (χ3n) is 2.98. The van der Waals surface area contributed by atoms with E-state index in [0.29, 0.717) is 0 Å². The van der Waals surface area contributed by atoms with Gasteiger partial charge < -0.3 is 0 Å². The van der Waals surface area contributed by atoms with Crippen molar-refractivity contribution in [1.29, 1.82) is 0 Å². The summed E-state index contributed by atoms with van der Waals surface area (Å²) < 4.78 is 0. The summed E-state index contributed by atoms with van der Waals surface area (Å²) in [6.45, 7) is 6.52. The summed E-state index contributed by atoms with van der Waals surface area (Å²) in [6, 6.07) is 0. The molecule has 0 aromatic heterocycles. The van der Waals surface area contributed by atoms with Crippen LogP contribution in [-0.2, 0) is 0 Å². The summed E-state index contributed by atoms with van der Waals surface area (Å²) in [5.41, 5.74) is 0. The maximum atomic E-state index is 4.25. The molecule has 0 heteroatoms. The summed E-state index contributed by atoms with van der Waals surface area (Å²) in [4.78, 5) is 0. The fraction of sp³-hybridized carbons (Fsp3) is 0.909. The minimum atomic E-state index is 0.750. The normalized spacial score (nSPS) is 23.5. The van der Waals surface area contributed by atoms with Gasteiger partial charge in [0.15, 0.2) is 0 Å². The van der Waals surface area contributed by atoms with Gasteiger partial charge in [-0.3, -0.25) is 0 Å². The topological polar surface area (TPSA) is 0 Å². The molecular formula is C11H21. The average molecular weight is 153 g/mol. The van der Waals surface area contributed by atoms with Gasteiger partial charge in [-0.2, -0.15) is 0 Å². The van der Waals surface area contributed by atoms with Crippen LogP contribution in [0.3, 0.4) is 0 Å². The zero-order valence-corrected chi connectivity index (χ0v) is 7.81. The third-order valence-corrected chi connectivity index (χ3v) is 2.98. The molecule has 1 fully saturated rings. The van der Waals surface area contributed by atoms with E-state index in [9.17, 15) is 0 Å². The second-order valence-electron chi connectivity index (χ2n) is 3.95. The van der Waals surface area contributed by atoms with Crippen molar-refractivity contribution < 1.29 is 0 Å². The smallest absolute Gasteiger partial charge is 0.0386 e. The van der Waals surface area contributed by atoms with Gasteiger partial charge in [0, 0.05) is 0 Å². The van der Waals surface area contributed by atoms with Crippen LogP contribution < -0.4 is 0 Å². The predicted octanol–water partition coefficient (Wildman–Crippen LogP) is 3.82. The van der Waals surface area contributed by atoms with Crippen LogP contribution in [0.2, 0.25) is 0 Å². The number of hydrogen-bond acceptors (Lipinski definition) is 0. The molecule has 0 spiro atoms. The van der Waals surface area contributed by atoms with Gasteiger partial charge in [-0.05, 0) is 18.8 Å². The van der Waals surface area contributed by atoms with Crippen molar-refractivity contribution in [2.24, 2.45) is 11.8 Å². The largest absolute Gasteiger partial charge is 0.0654 e. The fourth-order valence-electron chi connectivity index (χ4n) is 2.21. The highest BCUT2D eigenvalue weighted by atomic mass is 14.2. The molecule has 1 rings (SSSR count). The van der Waals surface area contributed by atoms with Crippen LogP contribution in [0.1, 0.15) is 51.9 Å². The average Bonchev–Trinajstić information content (AvgIpc) is 2.07. The molecule has 0 heterocycles. The van der Waals surface area contributed by atoms with E-state index >= 15 is 0 Å². The second kappa shape index (κ2) is 4.79. The van der Waals surface area contributed by atoms with E-state index in [-0.39, 0.29) is 0 Å². The molecule has 1 unspecified atom stereocenters. The van der Waals surface area contributed by atoms with Crippen molar-refractivity contribution in [3.05, 3.63) is 6.92 Å². The summed E-state index contributed by atoms with van der Waals surface area (Å²) in [5.74, 6) is 1.71. The van der Waals surface area contributed by atoms with Crippen LogP contribution in [0.5, 0.6) is 0 Å². The van der Waals surface area contributed by atoms with Crippen molar-refractivity contribution >= 4 is 0 Å². The lowest BCUT2D eigenvalue weighted by atomic mass is 9.79. The molecule has 1 aliphatic rings. The molecule has 1 atom stereocenters. The van der Waals surface area contributed by atoms with Crippen molar-refractivity contribution in [2.75, 3.05) is 0 Å². The molecule has 0 nitrogen and oxygen atoms in total. The van der Waals surface area contributed by atoms with Gasteiger partial charge in [0.05, 0.1) is 0 Å². The zero-order chi connectivity index (χ0) is 8.10. The molecule has 1 radical (unpaired) electrons. The minimum absolute atomic E-state index is 0.750. The van der Waals surface area contributed by atoms with Crippen molar-refractivity contribution in [3.63, 3.8) is 0 Å². The molecule has 0 aromatic rings. The molecule has 0 N–H and O–H groups in total. The Balaban J connectivity index is 2.21. The Morgan fingerprint density at radius 2 is 1.91 bits per heavy atom. The summed E-state index contributed by atoms with van der Waals surface area (Å²) in [5, 5.41) is 0. The highest BCUT2D eigenvalue weighted by Crippen LogP contribution is 2.31. The van der Waals surface area contributed by atoms with E-state index in [0.717, 1.165) is 11.8 Å². The molecule has 0 aromatic carbocycles. The maximum absolute atomic E-state index is 4.25. The zero-order valence-electron chi connectivity index (χ0n) is 7.81. The van der Waals surface area contributed by atoms with E-state index in [1.807, 2.05) is 0 Å². The standard InChI is InChI=1S/C11H21/c1-3-7-10(2)11-8-5-4-6-9-11/h10-11H,2-9H2,1H3. The Bertz CT molecular complexity index is 90.2. The van der Waals surface area contributed by atoms with Crippen LogP contribution in [-0.4, -0.2) is 0 Å². The molecule has 11 heavy (non-hydrogen) atoms. The van der Waals surface area contributed by atoms with E-state index in [4.69, 9.17) is 0 Å². The van der Waals surface area contributed by atoms with Gasteiger partial charge in [-0.1, -0.05) is 51.9 Å². The quantitative estimate of drug-likeness (QED) is 0.578. The van der Waals surface area contributed by atoms with Crippen molar-refractivity contribution in [3.8, 4) is 0 Å². The first kappa shape index (κ1) is 9.09. The predicted molar refractivity (Wildman–Crippen MR) is 50.3 cm³/mol. The third kappa shape index (κ3) is 2.84. The van der Waals surface area contributed by atoms with Crippen LogP contribution in [0, 0.1) is 18.8 Å². The molecule has 0 saturated heterocycles. The lowest BCUT2D eigenvalue weighted by Gasteiger charge is -2.27. The highest BCUT2D eigenvalue weighted by Gasteiger charge is 2.18. The monoisotopic (exact) mass is 153 g/mol. The molecule has 0 amide bonds. The Morgan fingerprint density at radius 3 is 2.45 bits per heavy atom. The Kier molecular flexibility index (Phi) is 3.96. The van der Waals surface area contributed by atoms with Gasteiger partial charge in [-0.25, -0.2) is 0 Å². The van der Waals surface area contributed by atoms with E-state index in [1.54, 1.807) is 0 Å². The van der Waals surface area contributed by atoms with Crippen LogP contribution >= 0.6 is 0 Å². The van der Waals surface area contributed by atoms with Crippen LogP contribution in [0.4, 0.5) is 0 Å². The second-order valence-corrected chi connectivity index (χ2v) is 3.95. The van der Waals surface area contributed by atoms with Gasteiger partial charge in [0.2, 0.25) is 0 Å². The summed E-state index contributed by atoms with van der Waals surface area (Å²) in [7, 11) is 0. The van der Waals surface area contributed by atoms with Gasteiger partial charge in [0.25, 0.3) is 0 Å². The first-order chi connectivity index (χ1) is 5.34.